The average Bonchev–Trinajstić information content (AvgIpc) is 2.34. The maximum Gasteiger partial charge on any atom is 0.227 e. The minimum absolute atomic E-state index is 0.128. The van der Waals surface area contributed by atoms with Crippen LogP contribution in [0.4, 0.5) is 0 Å². The molecule has 1 aliphatic heterocycles. The molecule has 2 unspecified atom stereocenters. The highest BCUT2D eigenvalue weighted by Gasteiger charge is 2.28. The lowest BCUT2D eigenvalue weighted by atomic mass is 10.1. The van der Waals surface area contributed by atoms with Gasteiger partial charge in [-0.3, -0.25) is 4.79 Å². The summed E-state index contributed by atoms with van der Waals surface area (Å²) in [4.78, 5) is 14.1. The van der Waals surface area contributed by atoms with Crippen LogP contribution in [0.3, 0.4) is 0 Å². The predicted molar refractivity (Wildman–Crippen MR) is 66.7 cm³/mol. The molecule has 1 fully saturated rings. The van der Waals surface area contributed by atoms with Gasteiger partial charge in [0, 0.05) is 6.54 Å². The normalized spacial score (nSPS) is 24.7. The SMILES string of the molecule is CC1OCCN(C(=O)Cc2ccccc2)C1C. The number of amides is 1. The first-order valence-electron chi connectivity index (χ1n) is 6.13. The van der Waals surface area contributed by atoms with Gasteiger partial charge in [-0.05, 0) is 19.4 Å². The highest BCUT2D eigenvalue weighted by molar-refractivity contribution is 5.79. The van der Waals surface area contributed by atoms with Gasteiger partial charge in [-0.15, -0.1) is 0 Å². The monoisotopic (exact) mass is 233 g/mol. The van der Waals surface area contributed by atoms with E-state index in [1.807, 2.05) is 49.1 Å². The molecule has 0 radical (unpaired) electrons. The van der Waals surface area contributed by atoms with Crippen molar-refractivity contribution >= 4 is 5.91 Å². The first kappa shape index (κ1) is 12.1. The summed E-state index contributed by atoms with van der Waals surface area (Å²) in [5.41, 5.74) is 1.07. The van der Waals surface area contributed by atoms with Crippen molar-refractivity contribution in [3.63, 3.8) is 0 Å². The van der Waals surface area contributed by atoms with E-state index in [-0.39, 0.29) is 18.1 Å². The maximum atomic E-state index is 12.2. The lowest BCUT2D eigenvalue weighted by molar-refractivity contribution is -0.143. The van der Waals surface area contributed by atoms with Gasteiger partial charge in [0.25, 0.3) is 0 Å². The fourth-order valence-electron chi connectivity index (χ4n) is 2.16. The highest BCUT2D eigenvalue weighted by atomic mass is 16.5. The molecule has 1 amide bonds. The van der Waals surface area contributed by atoms with Gasteiger partial charge in [0.2, 0.25) is 5.91 Å². The van der Waals surface area contributed by atoms with Crippen molar-refractivity contribution in [1.82, 2.24) is 4.90 Å². The number of ether oxygens (including phenoxy) is 1. The zero-order chi connectivity index (χ0) is 12.3. The molecule has 1 aromatic rings. The van der Waals surface area contributed by atoms with E-state index < -0.39 is 0 Å². The summed E-state index contributed by atoms with van der Waals surface area (Å²) in [5, 5.41) is 0. The van der Waals surface area contributed by atoms with E-state index in [4.69, 9.17) is 4.74 Å². The van der Waals surface area contributed by atoms with Gasteiger partial charge in [-0.2, -0.15) is 0 Å². The molecular formula is C14H19NO2. The van der Waals surface area contributed by atoms with Crippen molar-refractivity contribution in [3.8, 4) is 0 Å². The molecule has 0 bridgehead atoms. The van der Waals surface area contributed by atoms with Crippen molar-refractivity contribution in [2.45, 2.75) is 32.4 Å². The van der Waals surface area contributed by atoms with E-state index in [0.29, 0.717) is 19.6 Å². The molecule has 2 rings (SSSR count). The smallest absolute Gasteiger partial charge is 0.227 e. The Kier molecular flexibility index (Phi) is 3.79. The van der Waals surface area contributed by atoms with Crippen LogP contribution in [0.25, 0.3) is 0 Å². The third kappa shape index (κ3) is 2.86. The van der Waals surface area contributed by atoms with Crippen LogP contribution >= 0.6 is 0 Å². The standard InChI is InChI=1S/C14H19NO2/c1-11-12(2)17-9-8-15(11)14(16)10-13-6-4-3-5-7-13/h3-7,11-12H,8-10H2,1-2H3. The van der Waals surface area contributed by atoms with E-state index in [2.05, 4.69) is 0 Å². The molecule has 1 saturated heterocycles. The molecular weight excluding hydrogens is 214 g/mol. The Morgan fingerprint density at radius 3 is 2.76 bits per heavy atom. The molecule has 1 heterocycles. The van der Waals surface area contributed by atoms with Gasteiger partial charge in [0.15, 0.2) is 0 Å². The number of carbonyl (C=O) groups excluding carboxylic acids is 1. The second-order valence-electron chi connectivity index (χ2n) is 4.57. The van der Waals surface area contributed by atoms with Crippen LogP contribution in [-0.4, -0.2) is 36.1 Å². The first-order valence-corrected chi connectivity index (χ1v) is 6.13. The Morgan fingerprint density at radius 2 is 2.06 bits per heavy atom. The zero-order valence-electron chi connectivity index (χ0n) is 10.4. The molecule has 1 aromatic carbocycles. The number of rotatable bonds is 2. The van der Waals surface area contributed by atoms with Gasteiger partial charge in [0.05, 0.1) is 25.2 Å². The quantitative estimate of drug-likeness (QED) is 0.780. The molecule has 0 aliphatic carbocycles. The topological polar surface area (TPSA) is 29.5 Å². The summed E-state index contributed by atoms with van der Waals surface area (Å²) in [5.74, 6) is 0.193. The third-order valence-electron chi connectivity index (χ3n) is 3.40. The molecule has 17 heavy (non-hydrogen) atoms. The summed E-state index contributed by atoms with van der Waals surface area (Å²) >= 11 is 0. The lowest BCUT2D eigenvalue weighted by Crippen LogP contribution is -2.51. The van der Waals surface area contributed by atoms with Crippen molar-refractivity contribution in [1.29, 1.82) is 0 Å². The van der Waals surface area contributed by atoms with E-state index in [9.17, 15) is 4.79 Å². The minimum Gasteiger partial charge on any atom is -0.375 e. The summed E-state index contributed by atoms with van der Waals surface area (Å²) < 4.78 is 5.53. The van der Waals surface area contributed by atoms with Crippen LogP contribution in [0.15, 0.2) is 30.3 Å². The van der Waals surface area contributed by atoms with Crippen LogP contribution in [0, 0.1) is 0 Å². The van der Waals surface area contributed by atoms with Gasteiger partial charge >= 0.3 is 0 Å². The van der Waals surface area contributed by atoms with E-state index in [1.165, 1.54) is 0 Å². The van der Waals surface area contributed by atoms with E-state index in [1.54, 1.807) is 0 Å². The van der Waals surface area contributed by atoms with Crippen LogP contribution in [0.2, 0.25) is 0 Å². The molecule has 3 nitrogen and oxygen atoms in total. The molecule has 3 heteroatoms. The fraction of sp³-hybridized carbons (Fsp3) is 0.500. The number of hydrogen-bond donors (Lipinski definition) is 0. The predicted octanol–water partition coefficient (Wildman–Crippen LogP) is 1.86. The average molecular weight is 233 g/mol. The van der Waals surface area contributed by atoms with Gasteiger partial charge in [-0.25, -0.2) is 0 Å². The molecule has 0 spiro atoms. The molecule has 0 aromatic heterocycles. The van der Waals surface area contributed by atoms with Crippen molar-refractivity contribution in [3.05, 3.63) is 35.9 Å². The summed E-state index contributed by atoms with van der Waals surface area (Å²) in [6, 6.07) is 10.0. The van der Waals surface area contributed by atoms with Gasteiger partial charge in [-0.1, -0.05) is 30.3 Å². The van der Waals surface area contributed by atoms with Crippen LogP contribution in [0.1, 0.15) is 19.4 Å². The highest BCUT2D eigenvalue weighted by Crippen LogP contribution is 2.15. The Bertz CT molecular complexity index is 377. The Balaban J connectivity index is 2.00. The molecule has 0 saturated carbocycles. The second kappa shape index (κ2) is 5.32. The number of carbonyl (C=O) groups is 1. The van der Waals surface area contributed by atoms with Gasteiger partial charge in [0.1, 0.15) is 0 Å². The number of morpholine rings is 1. The van der Waals surface area contributed by atoms with Crippen molar-refractivity contribution in [2.24, 2.45) is 0 Å². The van der Waals surface area contributed by atoms with E-state index in [0.717, 1.165) is 5.56 Å². The minimum atomic E-state index is 0.128. The largest absolute Gasteiger partial charge is 0.375 e. The summed E-state index contributed by atoms with van der Waals surface area (Å²) in [6.07, 6.45) is 0.612. The summed E-state index contributed by atoms with van der Waals surface area (Å²) in [7, 11) is 0. The molecule has 92 valence electrons. The molecule has 1 aliphatic rings. The van der Waals surface area contributed by atoms with Crippen LogP contribution < -0.4 is 0 Å². The van der Waals surface area contributed by atoms with E-state index >= 15 is 0 Å². The number of hydrogen-bond acceptors (Lipinski definition) is 2. The Morgan fingerprint density at radius 1 is 1.35 bits per heavy atom. The molecule has 2 atom stereocenters. The Labute approximate surface area is 102 Å². The van der Waals surface area contributed by atoms with Gasteiger partial charge < -0.3 is 9.64 Å². The van der Waals surface area contributed by atoms with Crippen molar-refractivity contribution in [2.75, 3.05) is 13.2 Å². The first-order chi connectivity index (χ1) is 8.18. The number of nitrogens with zero attached hydrogens (tertiary/aromatic N) is 1. The Hall–Kier alpha value is -1.35. The maximum absolute atomic E-state index is 12.2. The zero-order valence-corrected chi connectivity index (χ0v) is 10.4. The fourth-order valence-corrected chi connectivity index (χ4v) is 2.16. The van der Waals surface area contributed by atoms with Crippen LogP contribution in [0.5, 0.6) is 0 Å². The van der Waals surface area contributed by atoms with Crippen molar-refractivity contribution < 1.29 is 9.53 Å². The lowest BCUT2D eigenvalue weighted by Gasteiger charge is -2.38. The second-order valence-corrected chi connectivity index (χ2v) is 4.57. The molecule has 0 N–H and O–H groups in total. The number of benzene rings is 1. The van der Waals surface area contributed by atoms with Crippen LogP contribution in [-0.2, 0) is 16.0 Å². The summed E-state index contributed by atoms with van der Waals surface area (Å²) in [6.45, 7) is 5.42. The third-order valence-corrected chi connectivity index (χ3v) is 3.40.